The first kappa shape index (κ1) is 24.9. The minimum atomic E-state index is -0.557. The number of carbonyl (C=O) groups excluding carboxylic acids is 3. The summed E-state index contributed by atoms with van der Waals surface area (Å²) < 4.78 is 7.40. The second-order valence-corrected chi connectivity index (χ2v) is 10.3. The molecule has 35 heavy (non-hydrogen) atoms. The first-order valence-electron chi connectivity index (χ1n) is 12.4. The molecule has 0 spiro atoms. The highest BCUT2D eigenvalue weighted by Crippen LogP contribution is 2.38. The van der Waals surface area contributed by atoms with E-state index >= 15 is 0 Å². The van der Waals surface area contributed by atoms with E-state index in [9.17, 15) is 14.4 Å². The molecule has 9 heteroatoms. The number of benzene rings is 1. The molecule has 2 aliphatic carbocycles. The topological polar surface area (TPSA) is 142 Å². The van der Waals surface area contributed by atoms with Crippen LogP contribution in [0.1, 0.15) is 85.0 Å². The smallest absolute Gasteiger partial charge is 0.320 e. The number of fused-ring (bicyclic) bond motifs is 1. The second-order valence-electron chi connectivity index (χ2n) is 10.3. The molecule has 188 valence electrons. The van der Waals surface area contributed by atoms with Gasteiger partial charge < -0.3 is 21.5 Å². The molecule has 2 aliphatic rings. The van der Waals surface area contributed by atoms with Gasteiger partial charge in [-0.25, -0.2) is 4.68 Å². The number of anilines is 1. The number of hydrogen-bond donors (Lipinski definition) is 3. The largest absolute Gasteiger partial charge is 0.459 e. The summed E-state index contributed by atoms with van der Waals surface area (Å²) in [6.07, 6.45) is 4.96. The molecule has 0 radical (unpaired) electrons. The molecule has 9 nitrogen and oxygen atoms in total. The lowest BCUT2D eigenvalue weighted by atomic mass is 9.75. The van der Waals surface area contributed by atoms with Crippen molar-refractivity contribution in [3.8, 4) is 5.69 Å². The van der Waals surface area contributed by atoms with Gasteiger partial charge in [0.25, 0.3) is 5.91 Å². The summed E-state index contributed by atoms with van der Waals surface area (Å²) in [6.45, 7) is 6.00. The summed E-state index contributed by atoms with van der Waals surface area (Å²) in [4.78, 5) is 37.1. The van der Waals surface area contributed by atoms with Crippen molar-refractivity contribution in [2.45, 2.75) is 77.9 Å². The molecule has 0 bridgehead atoms. The van der Waals surface area contributed by atoms with Crippen molar-refractivity contribution in [2.24, 2.45) is 16.9 Å². The van der Waals surface area contributed by atoms with Gasteiger partial charge in [-0.05, 0) is 55.7 Å². The average molecular weight is 482 g/mol. The number of carbonyl (C=O) groups is 3. The van der Waals surface area contributed by atoms with Crippen LogP contribution in [-0.4, -0.2) is 46.1 Å². The maximum atomic E-state index is 13.0. The molecule has 2 unspecified atom stereocenters. The van der Waals surface area contributed by atoms with Gasteiger partial charge in [0.05, 0.1) is 40.8 Å². The number of aryl methyl sites for hydroxylation is 1. The molecule has 2 atom stereocenters. The van der Waals surface area contributed by atoms with Crippen LogP contribution in [0.15, 0.2) is 18.2 Å². The zero-order valence-corrected chi connectivity index (χ0v) is 20.7. The minimum absolute atomic E-state index is 0.123. The highest BCUT2D eigenvalue weighted by molar-refractivity contribution is 6.00. The van der Waals surface area contributed by atoms with Gasteiger partial charge in [0.2, 0.25) is 0 Å². The van der Waals surface area contributed by atoms with E-state index in [-0.39, 0.29) is 29.9 Å². The molecular weight excluding hydrogens is 446 g/mol. The molecule has 0 aliphatic heterocycles. The molecule has 2 aromatic rings. The standard InChI is InChI=1S/C26H35N5O4/c1-4-17-24-20(12-26(2,3)13-21(24)32)31(30-17)15-9-10-16(25(28)34)19(11-15)29-18-7-5-6-8-22(18)35-23(33)14-27/h9-11,18,22,29H,4-8,12-14,27H2,1-3H3,(H2,28,34). The van der Waals surface area contributed by atoms with Crippen LogP contribution in [0.4, 0.5) is 5.69 Å². The van der Waals surface area contributed by atoms with E-state index in [4.69, 9.17) is 21.3 Å². The number of rotatable bonds is 7. The highest BCUT2D eigenvalue weighted by Gasteiger charge is 2.36. The number of aromatic nitrogens is 2. The van der Waals surface area contributed by atoms with Gasteiger partial charge in [0.1, 0.15) is 6.10 Å². The zero-order chi connectivity index (χ0) is 25.3. The van der Waals surface area contributed by atoms with Crippen molar-refractivity contribution in [1.82, 2.24) is 9.78 Å². The zero-order valence-electron chi connectivity index (χ0n) is 20.7. The average Bonchev–Trinajstić information content (AvgIpc) is 3.17. The van der Waals surface area contributed by atoms with Crippen LogP contribution in [0.2, 0.25) is 0 Å². The molecule has 1 aromatic heterocycles. The Balaban J connectivity index is 1.74. The van der Waals surface area contributed by atoms with Gasteiger partial charge >= 0.3 is 5.97 Å². The Morgan fingerprint density at radius 2 is 1.97 bits per heavy atom. The van der Waals surface area contributed by atoms with E-state index < -0.39 is 11.9 Å². The Hall–Kier alpha value is -3.20. The summed E-state index contributed by atoms with van der Waals surface area (Å²) in [6, 6.07) is 5.15. The molecule has 4 rings (SSSR count). The lowest BCUT2D eigenvalue weighted by Gasteiger charge is -2.33. The van der Waals surface area contributed by atoms with E-state index in [0.29, 0.717) is 24.1 Å². The third kappa shape index (κ3) is 5.10. The molecule has 1 saturated carbocycles. The number of ketones is 1. The van der Waals surface area contributed by atoms with Crippen molar-refractivity contribution in [3.63, 3.8) is 0 Å². The van der Waals surface area contributed by atoms with Gasteiger partial charge in [-0.2, -0.15) is 5.10 Å². The highest BCUT2D eigenvalue weighted by atomic mass is 16.5. The first-order chi connectivity index (χ1) is 16.6. The number of Topliss-reactive ketones (excluding diaryl/α,β-unsaturated/α-hetero) is 1. The third-order valence-electron chi connectivity index (χ3n) is 6.96. The van der Waals surface area contributed by atoms with E-state index in [1.807, 2.05) is 17.7 Å². The van der Waals surface area contributed by atoms with Crippen molar-refractivity contribution in [1.29, 1.82) is 0 Å². The van der Waals surface area contributed by atoms with E-state index in [2.05, 4.69) is 19.2 Å². The minimum Gasteiger partial charge on any atom is -0.459 e. The molecule has 1 fully saturated rings. The van der Waals surface area contributed by atoms with Crippen molar-refractivity contribution in [2.75, 3.05) is 11.9 Å². The van der Waals surface area contributed by atoms with Crippen LogP contribution in [0.5, 0.6) is 0 Å². The van der Waals surface area contributed by atoms with Crippen molar-refractivity contribution < 1.29 is 19.1 Å². The lowest BCUT2D eigenvalue weighted by molar-refractivity contribution is -0.149. The number of amides is 1. The van der Waals surface area contributed by atoms with Crippen LogP contribution in [0, 0.1) is 5.41 Å². The van der Waals surface area contributed by atoms with Gasteiger partial charge in [0, 0.05) is 12.1 Å². The molecular formula is C26H35N5O4. The van der Waals surface area contributed by atoms with Gasteiger partial charge in [-0.15, -0.1) is 0 Å². The predicted molar refractivity (Wildman–Crippen MR) is 133 cm³/mol. The van der Waals surface area contributed by atoms with Crippen molar-refractivity contribution >= 4 is 23.3 Å². The van der Waals surface area contributed by atoms with E-state index in [0.717, 1.165) is 54.7 Å². The maximum Gasteiger partial charge on any atom is 0.320 e. The molecule has 5 N–H and O–H groups in total. The fourth-order valence-corrected chi connectivity index (χ4v) is 5.31. The fraction of sp³-hybridized carbons (Fsp3) is 0.538. The predicted octanol–water partition coefficient (Wildman–Crippen LogP) is 2.91. The van der Waals surface area contributed by atoms with Gasteiger partial charge in [-0.1, -0.05) is 27.2 Å². The van der Waals surface area contributed by atoms with Crippen molar-refractivity contribution in [3.05, 3.63) is 40.7 Å². The number of esters is 1. The molecule has 1 aromatic carbocycles. The summed E-state index contributed by atoms with van der Waals surface area (Å²) in [7, 11) is 0. The van der Waals surface area contributed by atoms with Crippen LogP contribution >= 0.6 is 0 Å². The number of primary amides is 1. The SMILES string of the molecule is CCc1nn(-c2ccc(C(N)=O)c(NC3CCCCC3OC(=O)CN)c2)c2c1C(=O)CC(C)(C)C2. The monoisotopic (exact) mass is 481 g/mol. The molecule has 0 saturated heterocycles. The fourth-order valence-electron chi connectivity index (χ4n) is 5.31. The molecule has 1 heterocycles. The summed E-state index contributed by atoms with van der Waals surface area (Å²) in [5.74, 6) is -0.883. The Morgan fingerprint density at radius 1 is 1.23 bits per heavy atom. The van der Waals surface area contributed by atoms with Gasteiger partial charge in [-0.3, -0.25) is 14.4 Å². The van der Waals surface area contributed by atoms with Crippen LogP contribution in [0.25, 0.3) is 5.69 Å². The summed E-state index contributed by atoms with van der Waals surface area (Å²) in [5.41, 5.74) is 15.0. The quantitative estimate of drug-likeness (QED) is 0.516. The Kier molecular flexibility index (Phi) is 6.98. The second kappa shape index (κ2) is 9.81. The van der Waals surface area contributed by atoms with E-state index in [1.54, 1.807) is 12.1 Å². The van der Waals surface area contributed by atoms with Gasteiger partial charge in [0.15, 0.2) is 5.78 Å². The number of nitrogens with two attached hydrogens (primary N) is 2. The summed E-state index contributed by atoms with van der Waals surface area (Å²) in [5, 5.41) is 8.21. The number of nitrogens with one attached hydrogen (secondary N) is 1. The van der Waals surface area contributed by atoms with E-state index in [1.165, 1.54) is 0 Å². The first-order valence-corrected chi connectivity index (χ1v) is 12.4. The normalized spacial score (nSPS) is 21.3. The molecule has 1 amide bonds. The van der Waals surface area contributed by atoms with Crippen LogP contribution in [-0.2, 0) is 22.4 Å². The Labute approximate surface area is 205 Å². The summed E-state index contributed by atoms with van der Waals surface area (Å²) >= 11 is 0. The maximum absolute atomic E-state index is 13.0. The Morgan fingerprint density at radius 3 is 2.66 bits per heavy atom. The lowest BCUT2D eigenvalue weighted by Crippen LogP contribution is -2.41. The van der Waals surface area contributed by atoms with Crippen LogP contribution < -0.4 is 16.8 Å². The number of ether oxygens (including phenoxy) is 1. The Bertz CT molecular complexity index is 1150. The van der Waals surface area contributed by atoms with Crippen LogP contribution in [0.3, 0.4) is 0 Å². The third-order valence-corrected chi connectivity index (χ3v) is 6.96. The number of hydrogen-bond acceptors (Lipinski definition) is 7. The number of nitrogens with zero attached hydrogens (tertiary/aromatic N) is 2.